The van der Waals surface area contributed by atoms with Crippen molar-refractivity contribution in [3.05, 3.63) is 52.6 Å². The summed E-state index contributed by atoms with van der Waals surface area (Å²) < 4.78 is 0. The van der Waals surface area contributed by atoms with E-state index in [1.54, 1.807) is 0 Å². The van der Waals surface area contributed by atoms with E-state index in [4.69, 9.17) is 0 Å². The summed E-state index contributed by atoms with van der Waals surface area (Å²) in [6.07, 6.45) is 3.42. The van der Waals surface area contributed by atoms with E-state index in [1.165, 1.54) is 33.4 Å². The van der Waals surface area contributed by atoms with E-state index < -0.39 is 0 Å². The topological polar surface area (TPSA) is 0 Å². The van der Waals surface area contributed by atoms with Crippen molar-refractivity contribution in [1.29, 1.82) is 0 Å². The highest BCUT2D eigenvalue weighted by Gasteiger charge is 2.11. The standard InChI is InChI=1S/C15H14/c1-10-5-12-3-4-13-6-11(2)8-15(13)9-14(12)7-10/h3-5,7-9H,6H2,1-2H3. The van der Waals surface area contributed by atoms with Crippen LogP contribution in [0.25, 0.3) is 17.2 Å². The lowest BCUT2D eigenvalue weighted by Gasteiger charge is -1.90. The molecule has 0 heteroatoms. The van der Waals surface area contributed by atoms with Crippen molar-refractivity contribution in [3.8, 4) is 11.1 Å². The van der Waals surface area contributed by atoms with Gasteiger partial charge in [-0.3, -0.25) is 0 Å². The number of rotatable bonds is 0. The molecule has 0 N–H and O–H groups in total. The monoisotopic (exact) mass is 194 g/mol. The molecule has 0 amide bonds. The average molecular weight is 194 g/mol. The zero-order valence-electron chi connectivity index (χ0n) is 9.17. The van der Waals surface area contributed by atoms with Crippen molar-refractivity contribution in [2.75, 3.05) is 0 Å². The van der Waals surface area contributed by atoms with Crippen LogP contribution in [-0.2, 0) is 6.42 Å². The summed E-state index contributed by atoms with van der Waals surface area (Å²) in [5.74, 6) is 0. The fraction of sp³-hybridized carbons (Fsp3) is 0.200. The minimum absolute atomic E-state index is 1.12. The molecule has 0 radical (unpaired) electrons. The van der Waals surface area contributed by atoms with Gasteiger partial charge in [0.2, 0.25) is 0 Å². The van der Waals surface area contributed by atoms with E-state index in [0.29, 0.717) is 0 Å². The molecule has 0 heterocycles. The highest BCUT2D eigenvalue weighted by Crippen LogP contribution is 2.31. The van der Waals surface area contributed by atoms with Crippen LogP contribution in [0.5, 0.6) is 0 Å². The van der Waals surface area contributed by atoms with E-state index in [9.17, 15) is 0 Å². The lowest BCUT2D eigenvalue weighted by atomic mass is 10.1. The van der Waals surface area contributed by atoms with Crippen LogP contribution in [-0.4, -0.2) is 0 Å². The Morgan fingerprint density at radius 3 is 2.60 bits per heavy atom. The molecule has 74 valence electrons. The van der Waals surface area contributed by atoms with E-state index >= 15 is 0 Å². The molecule has 0 nitrogen and oxygen atoms in total. The molecule has 3 rings (SSSR count). The molecule has 15 heavy (non-hydrogen) atoms. The molecule has 0 bridgehead atoms. The van der Waals surface area contributed by atoms with Crippen molar-refractivity contribution in [3.63, 3.8) is 0 Å². The zero-order valence-corrected chi connectivity index (χ0v) is 9.17. The lowest BCUT2D eigenvalue weighted by molar-refractivity contribution is 1.20. The van der Waals surface area contributed by atoms with E-state index in [0.717, 1.165) is 6.42 Å². The smallest absolute Gasteiger partial charge is 0.00606 e. The largest absolute Gasteiger partial charge is 0.0683 e. The third-order valence-corrected chi connectivity index (χ3v) is 3.12. The van der Waals surface area contributed by atoms with Gasteiger partial charge in [-0.15, -0.1) is 0 Å². The Kier molecular flexibility index (Phi) is 1.72. The van der Waals surface area contributed by atoms with Gasteiger partial charge in [0.05, 0.1) is 0 Å². The molecular weight excluding hydrogens is 180 g/mol. The van der Waals surface area contributed by atoms with Crippen LogP contribution in [0, 0.1) is 6.92 Å². The third kappa shape index (κ3) is 1.37. The van der Waals surface area contributed by atoms with E-state index in [1.807, 2.05) is 0 Å². The van der Waals surface area contributed by atoms with Gasteiger partial charge < -0.3 is 0 Å². The molecule has 0 aromatic carbocycles. The first-order valence-corrected chi connectivity index (χ1v) is 5.43. The number of fused-ring (bicyclic) bond motifs is 2. The van der Waals surface area contributed by atoms with Crippen molar-refractivity contribution in [2.45, 2.75) is 20.3 Å². The van der Waals surface area contributed by atoms with Crippen LogP contribution in [0.1, 0.15) is 23.6 Å². The summed E-state index contributed by atoms with van der Waals surface area (Å²) in [4.78, 5) is 0. The van der Waals surface area contributed by atoms with Crippen molar-refractivity contribution in [1.82, 2.24) is 0 Å². The Labute approximate surface area is 90.6 Å². The molecule has 3 aliphatic rings. The van der Waals surface area contributed by atoms with E-state index in [-0.39, 0.29) is 0 Å². The Hall–Kier alpha value is -1.56. The SMILES string of the molecule is CC1=Cc2cc3cc(C)cc-3ccc2C1. The molecule has 0 saturated heterocycles. The average Bonchev–Trinajstić information content (AvgIpc) is 2.65. The van der Waals surface area contributed by atoms with Gasteiger partial charge in [0.1, 0.15) is 0 Å². The van der Waals surface area contributed by atoms with Gasteiger partial charge in [0.15, 0.2) is 0 Å². The highest BCUT2D eigenvalue weighted by atomic mass is 14.2. The normalized spacial score (nSPS) is 14.1. The Balaban J connectivity index is 2.28. The van der Waals surface area contributed by atoms with Gasteiger partial charge in [-0.1, -0.05) is 35.9 Å². The Bertz CT molecular complexity index is 532. The second-order valence-electron chi connectivity index (χ2n) is 4.57. The molecule has 0 saturated carbocycles. The molecule has 0 unspecified atom stereocenters. The molecule has 0 aliphatic heterocycles. The minimum atomic E-state index is 1.12. The zero-order chi connectivity index (χ0) is 10.4. The maximum absolute atomic E-state index is 2.31. The third-order valence-electron chi connectivity index (χ3n) is 3.12. The molecule has 0 atom stereocenters. The van der Waals surface area contributed by atoms with Crippen LogP contribution in [0.2, 0.25) is 0 Å². The fourth-order valence-electron chi connectivity index (χ4n) is 2.43. The van der Waals surface area contributed by atoms with Gasteiger partial charge in [-0.25, -0.2) is 0 Å². The van der Waals surface area contributed by atoms with Crippen LogP contribution in [0.4, 0.5) is 0 Å². The van der Waals surface area contributed by atoms with Crippen LogP contribution < -0.4 is 0 Å². The number of aryl methyl sites for hydroxylation is 1. The quantitative estimate of drug-likeness (QED) is 0.593. The second kappa shape index (κ2) is 2.96. The van der Waals surface area contributed by atoms with Crippen molar-refractivity contribution < 1.29 is 0 Å². The lowest BCUT2D eigenvalue weighted by Crippen LogP contribution is -1.76. The maximum atomic E-state index is 2.31. The van der Waals surface area contributed by atoms with E-state index in [2.05, 4.69) is 50.3 Å². The molecule has 0 fully saturated rings. The van der Waals surface area contributed by atoms with Crippen LogP contribution in [0.3, 0.4) is 0 Å². The molecular formula is C15H14. The number of hydrogen-bond donors (Lipinski definition) is 0. The summed E-state index contributed by atoms with van der Waals surface area (Å²) in [7, 11) is 0. The van der Waals surface area contributed by atoms with Gasteiger partial charge in [0.25, 0.3) is 0 Å². The van der Waals surface area contributed by atoms with Gasteiger partial charge >= 0.3 is 0 Å². The molecule has 3 aliphatic carbocycles. The number of hydrogen-bond acceptors (Lipinski definition) is 0. The Morgan fingerprint density at radius 1 is 0.933 bits per heavy atom. The molecule has 0 spiro atoms. The summed E-state index contributed by atoms with van der Waals surface area (Å²) in [5, 5.41) is 0. The minimum Gasteiger partial charge on any atom is -0.0683 e. The first kappa shape index (κ1) is 8.72. The first-order valence-electron chi connectivity index (χ1n) is 5.43. The van der Waals surface area contributed by atoms with Crippen LogP contribution in [0.15, 0.2) is 35.9 Å². The Morgan fingerprint density at radius 2 is 1.73 bits per heavy atom. The maximum Gasteiger partial charge on any atom is -0.00606 e. The van der Waals surface area contributed by atoms with Gasteiger partial charge in [0, 0.05) is 0 Å². The molecule has 0 aromatic rings. The van der Waals surface area contributed by atoms with Crippen molar-refractivity contribution in [2.24, 2.45) is 0 Å². The van der Waals surface area contributed by atoms with Gasteiger partial charge in [-0.05, 0) is 54.2 Å². The first-order chi connectivity index (χ1) is 7.22. The summed E-state index contributed by atoms with van der Waals surface area (Å²) in [6, 6.07) is 11.3. The van der Waals surface area contributed by atoms with Crippen molar-refractivity contribution >= 4 is 6.08 Å². The summed E-state index contributed by atoms with van der Waals surface area (Å²) in [5.41, 5.74) is 8.39. The highest BCUT2D eigenvalue weighted by molar-refractivity contribution is 5.74. The predicted molar refractivity (Wildman–Crippen MR) is 65.2 cm³/mol. The van der Waals surface area contributed by atoms with Gasteiger partial charge in [-0.2, -0.15) is 0 Å². The number of allylic oxidation sites excluding steroid dienone is 1. The summed E-state index contributed by atoms with van der Waals surface area (Å²) >= 11 is 0. The molecule has 0 aromatic heterocycles. The predicted octanol–water partition coefficient (Wildman–Crippen LogP) is 4.06. The fourth-order valence-corrected chi connectivity index (χ4v) is 2.43. The second-order valence-corrected chi connectivity index (χ2v) is 4.57. The summed E-state index contributed by atoms with van der Waals surface area (Å²) in [6.45, 7) is 4.36. The van der Waals surface area contributed by atoms with Crippen LogP contribution >= 0.6 is 0 Å².